The zero-order valence-corrected chi connectivity index (χ0v) is 17.7. The van der Waals surface area contributed by atoms with Gasteiger partial charge in [0.2, 0.25) is 11.8 Å². The molecule has 1 N–H and O–H groups in total. The number of benzene rings is 1. The fourth-order valence-electron chi connectivity index (χ4n) is 4.26. The fraction of sp³-hybridized carbons (Fsp3) is 0.429. The summed E-state index contributed by atoms with van der Waals surface area (Å²) in [6.45, 7) is 6.84. The molecular formula is C21H25N9O. The molecule has 2 aliphatic heterocycles. The van der Waals surface area contributed by atoms with Crippen molar-refractivity contribution in [2.45, 2.75) is 39.3 Å². The van der Waals surface area contributed by atoms with Crippen molar-refractivity contribution in [1.82, 2.24) is 30.2 Å². The molecule has 3 aromatic rings. The number of carbonyl (C=O) groups excluding carboxylic acids is 1. The molecule has 10 heteroatoms. The van der Waals surface area contributed by atoms with Crippen molar-refractivity contribution in [3.63, 3.8) is 0 Å². The van der Waals surface area contributed by atoms with Crippen LogP contribution in [0.1, 0.15) is 37.0 Å². The summed E-state index contributed by atoms with van der Waals surface area (Å²) in [6, 6.07) is 7.98. The number of aryl methyl sites for hydroxylation is 1. The van der Waals surface area contributed by atoms with E-state index in [9.17, 15) is 4.79 Å². The standard InChI is InChI=1S/C21H25N9O/c1-3-22-21-23-12-17-19(24-21)28-10-6-9-16(28)13-29(20(17)31)15-8-5-7-14(11-15)18-25-27-30(4-2)26-18/h5,7-8,11-12,16H,3-4,6,9-10,13H2,1-2H3,(H,22,23,24). The van der Waals surface area contributed by atoms with Crippen molar-refractivity contribution < 1.29 is 4.79 Å². The van der Waals surface area contributed by atoms with E-state index in [1.807, 2.05) is 43.0 Å². The first-order chi connectivity index (χ1) is 15.2. The molecule has 2 aromatic heterocycles. The van der Waals surface area contributed by atoms with Gasteiger partial charge in [0.15, 0.2) is 0 Å². The number of aromatic nitrogens is 6. The lowest BCUT2D eigenvalue weighted by atomic mass is 10.1. The molecule has 1 fully saturated rings. The maximum absolute atomic E-state index is 13.6. The van der Waals surface area contributed by atoms with Crippen molar-refractivity contribution in [2.24, 2.45) is 0 Å². The van der Waals surface area contributed by atoms with Crippen LogP contribution in [0.25, 0.3) is 11.4 Å². The Labute approximate surface area is 180 Å². The average Bonchev–Trinajstić information content (AvgIpc) is 3.45. The Morgan fingerprint density at radius 1 is 1.26 bits per heavy atom. The van der Waals surface area contributed by atoms with E-state index in [-0.39, 0.29) is 11.9 Å². The van der Waals surface area contributed by atoms with Crippen LogP contribution in [-0.2, 0) is 6.54 Å². The van der Waals surface area contributed by atoms with Crippen molar-refractivity contribution in [3.8, 4) is 11.4 Å². The summed E-state index contributed by atoms with van der Waals surface area (Å²) in [5.74, 6) is 1.74. The van der Waals surface area contributed by atoms with Crippen molar-refractivity contribution >= 4 is 23.4 Å². The van der Waals surface area contributed by atoms with Gasteiger partial charge >= 0.3 is 0 Å². The molecule has 1 saturated heterocycles. The van der Waals surface area contributed by atoms with Crippen LogP contribution in [0.5, 0.6) is 0 Å². The zero-order valence-electron chi connectivity index (χ0n) is 17.7. The van der Waals surface area contributed by atoms with Crippen molar-refractivity contribution in [2.75, 3.05) is 34.8 Å². The molecular weight excluding hydrogens is 394 g/mol. The number of fused-ring (bicyclic) bond motifs is 3. The molecule has 0 bridgehead atoms. The van der Waals surface area contributed by atoms with E-state index in [2.05, 4.69) is 35.6 Å². The molecule has 160 valence electrons. The molecule has 5 rings (SSSR count). The molecule has 1 aromatic carbocycles. The van der Waals surface area contributed by atoms with Gasteiger partial charge in [-0.3, -0.25) is 4.79 Å². The number of amides is 1. The van der Waals surface area contributed by atoms with E-state index < -0.39 is 0 Å². The predicted molar refractivity (Wildman–Crippen MR) is 117 cm³/mol. The van der Waals surface area contributed by atoms with Gasteiger partial charge in [0.1, 0.15) is 11.4 Å². The first kappa shape index (κ1) is 19.4. The SMILES string of the molecule is CCNc1ncc2c(n1)N1CCCC1CN(c1cccc(-c3nnn(CC)n3)c1)C2=O. The van der Waals surface area contributed by atoms with Gasteiger partial charge in [0, 0.05) is 43.1 Å². The molecule has 1 unspecified atom stereocenters. The minimum Gasteiger partial charge on any atom is -0.354 e. The van der Waals surface area contributed by atoms with E-state index in [1.54, 1.807) is 11.0 Å². The van der Waals surface area contributed by atoms with Gasteiger partial charge in [-0.1, -0.05) is 12.1 Å². The minimum absolute atomic E-state index is 0.0882. The van der Waals surface area contributed by atoms with Gasteiger partial charge in [-0.2, -0.15) is 9.78 Å². The maximum atomic E-state index is 13.6. The fourth-order valence-corrected chi connectivity index (χ4v) is 4.26. The van der Waals surface area contributed by atoms with Crippen LogP contribution >= 0.6 is 0 Å². The Morgan fingerprint density at radius 2 is 2.16 bits per heavy atom. The third-order valence-electron chi connectivity index (χ3n) is 5.77. The Balaban J connectivity index is 1.54. The normalized spacial score (nSPS) is 18.0. The molecule has 1 atom stereocenters. The van der Waals surface area contributed by atoms with Crippen LogP contribution in [0.4, 0.5) is 17.5 Å². The smallest absolute Gasteiger partial charge is 0.263 e. The summed E-state index contributed by atoms with van der Waals surface area (Å²) < 4.78 is 0. The van der Waals surface area contributed by atoms with E-state index in [4.69, 9.17) is 0 Å². The number of carbonyl (C=O) groups is 1. The molecule has 2 aliphatic rings. The van der Waals surface area contributed by atoms with Gasteiger partial charge in [-0.15, -0.1) is 10.2 Å². The molecule has 0 saturated carbocycles. The van der Waals surface area contributed by atoms with E-state index in [0.29, 0.717) is 30.4 Å². The zero-order chi connectivity index (χ0) is 21.4. The number of hydrogen-bond donors (Lipinski definition) is 1. The second-order valence-electron chi connectivity index (χ2n) is 7.72. The van der Waals surface area contributed by atoms with Crippen LogP contribution in [0.2, 0.25) is 0 Å². The highest BCUT2D eigenvalue weighted by molar-refractivity contribution is 6.10. The largest absolute Gasteiger partial charge is 0.354 e. The topological polar surface area (TPSA) is 105 Å². The number of nitrogens with one attached hydrogen (secondary N) is 1. The van der Waals surface area contributed by atoms with Crippen LogP contribution in [0.3, 0.4) is 0 Å². The molecule has 4 heterocycles. The van der Waals surface area contributed by atoms with E-state index in [1.165, 1.54) is 0 Å². The Morgan fingerprint density at radius 3 is 2.97 bits per heavy atom. The maximum Gasteiger partial charge on any atom is 0.263 e. The number of nitrogens with zero attached hydrogens (tertiary/aromatic N) is 8. The van der Waals surface area contributed by atoms with Crippen LogP contribution in [-0.4, -0.2) is 61.8 Å². The second-order valence-corrected chi connectivity index (χ2v) is 7.72. The van der Waals surface area contributed by atoms with Gasteiger partial charge < -0.3 is 15.1 Å². The van der Waals surface area contributed by atoms with Crippen LogP contribution in [0, 0.1) is 0 Å². The Hall–Kier alpha value is -3.56. The lowest BCUT2D eigenvalue weighted by Gasteiger charge is -2.27. The lowest BCUT2D eigenvalue weighted by molar-refractivity contribution is 0.0988. The lowest BCUT2D eigenvalue weighted by Crippen LogP contribution is -2.39. The summed E-state index contributed by atoms with van der Waals surface area (Å²) >= 11 is 0. The third kappa shape index (κ3) is 3.47. The van der Waals surface area contributed by atoms with Crippen LogP contribution in [0.15, 0.2) is 30.5 Å². The summed E-state index contributed by atoms with van der Waals surface area (Å²) in [5, 5.41) is 15.7. The Kier molecular flexibility index (Phi) is 4.97. The highest BCUT2D eigenvalue weighted by Crippen LogP contribution is 2.34. The number of tetrazole rings is 1. The Bertz CT molecular complexity index is 1110. The third-order valence-corrected chi connectivity index (χ3v) is 5.77. The first-order valence-electron chi connectivity index (χ1n) is 10.8. The molecule has 0 aliphatic carbocycles. The molecule has 10 nitrogen and oxygen atoms in total. The van der Waals surface area contributed by atoms with Crippen molar-refractivity contribution in [1.29, 1.82) is 0 Å². The molecule has 1 amide bonds. The second kappa shape index (κ2) is 7.93. The predicted octanol–water partition coefficient (Wildman–Crippen LogP) is 2.21. The van der Waals surface area contributed by atoms with E-state index >= 15 is 0 Å². The minimum atomic E-state index is -0.0882. The van der Waals surface area contributed by atoms with Gasteiger partial charge in [-0.25, -0.2) is 4.98 Å². The molecule has 0 radical (unpaired) electrons. The monoisotopic (exact) mass is 419 g/mol. The summed E-state index contributed by atoms with van der Waals surface area (Å²) in [7, 11) is 0. The number of rotatable bonds is 5. The quantitative estimate of drug-likeness (QED) is 0.671. The molecule has 0 spiro atoms. The van der Waals surface area contributed by atoms with Crippen molar-refractivity contribution in [3.05, 3.63) is 36.0 Å². The summed E-state index contributed by atoms with van der Waals surface area (Å²) in [4.78, 5) is 28.3. The summed E-state index contributed by atoms with van der Waals surface area (Å²) in [5.41, 5.74) is 2.17. The molecule has 31 heavy (non-hydrogen) atoms. The van der Waals surface area contributed by atoms with Gasteiger partial charge in [0.25, 0.3) is 5.91 Å². The summed E-state index contributed by atoms with van der Waals surface area (Å²) in [6.07, 6.45) is 3.75. The van der Waals surface area contributed by atoms with Gasteiger partial charge in [0.05, 0.1) is 6.54 Å². The van der Waals surface area contributed by atoms with E-state index in [0.717, 1.165) is 43.0 Å². The highest BCUT2D eigenvalue weighted by Gasteiger charge is 2.37. The number of anilines is 3. The van der Waals surface area contributed by atoms with Crippen LogP contribution < -0.4 is 15.1 Å². The van der Waals surface area contributed by atoms with Gasteiger partial charge in [-0.05, 0) is 44.0 Å². The highest BCUT2D eigenvalue weighted by atomic mass is 16.2. The average molecular weight is 419 g/mol. The number of hydrogen-bond acceptors (Lipinski definition) is 8. The first-order valence-corrected chi connectivity index (χ1v) is 10.8.